The maximum absolute atomic E-state index is 12.5. The molecule has 1 fully saturated rings. The van der Waals surface area contributed by atoms with Crippen molar-refractivity contribution in [3.63, 3.8) is 0 Å². The third kappa shape index (κ3) is 4.18. The van der Waals surface area contributed by atoms with E-state index in [0.717, 1.165) is 38.0 Å². The van der Waals surface area contributed by atoms with Crippen molar-refractivity contribution in [2.75, 3.05) is 38.5 Å². The van der Waals surface area contributed by atoms with E-state index in [0.29, 0.717) is 29.5 Å². The molecule has 5 N–H and O–H groups in total. The standard InChI is InChI=1S/C18H25N5O2/c19-17-15(14-6-2-1-3-7-14)16(21-22-17)18(25)20-8-10-23-9-4-5-13(11-23)12-24/h1-3,6-7,13,24H,4-5,8-12H2,(H,20,25)(H3,19,21,22). The number of carbonyl (C=O) groups is 1. The number of aromatic amines is 1. The van der Waals surface area contributed by atoms with Gasteiger partial charge in [-0.05, 0) is 30.9 Å². The van der Waals surface area contributed by atoms with Gasteiger partial charge in [0.15, 0.2) is 5.82 Å². The Hall–Kier alpha value is -2.38. The van der Waals surface area contributed by atoms with Crippen LogP contribution in [0.3, 0.4) is 0 Å². The summed E-state index contributed by atoms with van der Waals surface area (Å²) in [4.78, 5) is 14.8. The van der Waals surface area contributed by atoms with Gasteiger partial charge in [0.05, 0.1) is 5.56 Å². The molecule has 1 aromatic heterocycles. The van der Waals surface area contributed by atoms with Gasteiger partial charge in [-0.3, -0.25) is 9.89 Å². The highest BCUT2D eigenvalue weighted by Gasteiger charge is 2.21. The highest BCUT2D eigenvalue weighted by Crippen LogP contribution is 2.27. The van der Waals surface area contributed by atoms with Gasteiger partial charge in [0.1, 0.15) is 5.69 Å². The van der Waals surface area contributed by atoms with Gasteiger partial charge >= 0.3 is 0 Å². The Balaban J connectivity index is 1.59. The Morgan fingerprint density at radius 3 is 2.96 bits per heavy atom. The van der Waals surface area contributed by atoms with Crippen LogP contribution in [0, 0.1) is 5.92 Å². The summed E-state index contributed by atoms with van der Waals surface area (Å²) in [5.74, 6) is 0.457. The molecule has 1 aliphatic heterocycles. The van der Waals surface area contributed by atoms with E-state index >= 15 is 0 Å². The first-order valence-corrected chi connectivity index (χ1v) is 8.69. The van der Waals surface area contributed by atoms with Gasteiger partial charge < -0.3 is 21.1 Å². The number of nitrogens with two attached hydrogens (primary N) is 1. The number of amides is 1. The number of nitrogens with one attached hydrogen (secondary N) is 2. The minimum Gasteiger partial charge on any atom is -0.396 e. The highest BCUT2D eigenvalue weighted by molar-refractivity contribution is 6.01. The summed E-state index contributed by atoms with van der Waals surface area (Å²) in [6.07, 6.45) is 2.17. The number of carbonyl (C=O) groups excluding carboxylic acids is 1. The number of hydrogen-bond acceptors (Lipinski definition) is 5. The molecule has 2 heterocycles. The van der Waals surface area contributed by atoms with Crippen LogP contribution >= 0.6 is 0 Å². The SMILES string of the molecule is Nc1n[nH]c(C(=O)NCCN2CCCC(CO)C2)c1-c1ccccc1. The van der Waals surface area contributed by atoms with Crippen LogP contribution < -0.4 is 11.1 Å². The predicted octanol–water partition coefficient (Wildman–Crippen LogP) is 1.09. The van der Waals surface area contributed by atoms with Crippen molar-refractivity contribution in [3.8, 4) is 11.1 Å². The molecule has 1 aromatic carbocycles. The molecule has 3 rings (SSSR count). The van der Waals surface area contributed by atoms with E-state index < -0.39 is 0 Å². The molecule has 1 atom stereocenters. The monoisotopic (exact) mass is 343 g/mol. The number of likely N-dealkylation sites (tertiary alicyclic amines) is 1. The maximum atomic E-state index is 12.5. The van der Waals surface area contributed by atoms with Crippen molar-refractivity contribution in [2.24, 2.45) is 5.92 Å². The number of piperidine rings is 1. The zero-order chi connectivity index (χ0) is 17.6. The minimum absolute atomic E-state index is 0.209. The van der Waals surface area contributed by atoms with Crippen molar-refractivity contribution in [1.82, 2.24) is 20.4 Å². The largest absolute Gasteiger partial charge is 0.396 e. The number of nitrogen functional groups attached to an aromatic ring is 1. The summed E-state index contributed by atoms with van der Waals surface area (Å²) in [5.41, 5.74) is 7.82. The van der Waals surface area contributed by atoms with Gasteiger partial charge in [0, 0.05) is 26.2 Å². The Morgan fingerprint density at radius 1 is 1.40 bits per heavy atom. The van der Waals surface area contributed by atoms with E-state index in [2.05, 4.69) is 20.4 Å². The number of H-pyrrole nitrogens is 1. The normalized spacial score (nSPS) is 18.2. The lowest BCUT2D eigenvalue weighted by Crippen LogP contribution is -2.41. The first-order valence-electron chi connectivity index (χ1n) is 8.69. The summed E-state index contributed by atoms with van der Waals surface area (Å²) in [7, 11) is 0. The van der Waals surface area contributed by atoms with E-state index in [-0.39, 0.29) is 12.5 Å². The lowest BCUT2D eigenvalue weighted by Gasteiger charge is -2.31. The van der Waals surface area contributed by atoms with E-state index in [1.54, 1.807) is 0 Å². The molecule has 0 spiro atoms. The third-order valence-electron chi connectivity index (χ3n) is 4.66. The molecule has 0 aliphatic carbocycles. The van der Waals surface area contributed by atoms with Crippen LogP contribution in [0.15, 0.2) is 30.3 Å². The number of hydrogen-bond donors (Lipinski definition) is 4. The van der Waals surface area contributed by atoms with Gasteiger partial charge in [-0.2, -0.15) is 5.10 Å². The smallest absolute Gasteiger partial charge is 0.270 e. The summed E-state index contributed by atoms with van der Waals surface area (Å²) in [6.45, 7) is 3.45. The lowest BCUT2D eigenvalue weighted by atomic mass is 9.99. The van der Waals surface area contributed by atoms with Crippen molar-refractivity contribution >= 4 is 11.7 Å². The second kappa shape index (κ2) is 8.13. The quantitative estimate of drug-likeness (QED) is 0.628. The van der Waals surface area contributed by atoms with Crippen LogP contribution in [0.5, 0.6) is 0 Å². The van der Waals surface area contributed by atoms with E-state index in [1.807, 2.05) is 30.3 Å². The third-order valence-corrected chi connectivity index (χ3v) is 4.66. The Bertz CT molecular complexity index is 701. The average Bonchev–Trinajstić information content (AvgIpc) is 3.04. The number of rotatable bonds is 6. The molecule has 1 aliphatic rings. The average molecular weight is 343 g/mol. The number of benzene rings is 1. The van der Waals surface area contributed by atoms with Crippen LogP contribution in [0.1, 0.15) is 23.3 Å². The molecule has 134 valence electrons. The molecule has 7 nitrogen and oxygen atoms in total. The summed E-state index contributed by atoms with van der Waals surface area (Å²) in [6, 6.07) is 9.52. The predicted molar refractivity (Wildman–Crippen MR) is 97.0 cm³/mol. The molecule has 0 bridgehead atoms. The molecule has 0 saturated carbocycles. The topological polar surface area (TPSA) is 107 Å². The first kappa shape index (κ1) is 17.4. The second-order valence-electron chi connectivity index (χ2n) is 6.47. The summed E-state index contributed by atoms with van der Waals surface area (Å²) in [5, 5.41) is 19.0. The molecule has 1 unspecified atom stereocenters. The number of anilines is 1. The second-order valence-corrected chi connectivity index (χ2v) is 6.47. The number of aliphatic hydroxyl groups is 1. The van der Waals surface area contributed by atoms with Crippen LogP contribution in [0.4, 0.5) is 5.82 Å². The van der Waals surface area contributed by atoms with Crippen LogP contribution in [0.25, 0.3) is 11.1 Å². The number of aliphatic hydroxyl groups excluding tert-OH is 1. The summed E-state index contributed by atoms with van der Waals surface area (Å²) >= 11 is 0. The van der Waals surface area contributed by atoms with Gasteiger partial charge in [0.25, 0.3) is 5.91 Å². The zero-order valence-electron chi connectivity index (χ0n) is 14.2. The van der Waals surface area contributed by atoms with Crippen molar-refractivity contribution in [2.45, 2.75) is 12.8 Å². The summed E-state index contributed by atoms with van der Waals surface area (Å²) < 4.78 is 0. The number of aromatic nitrogens is 2. The lowest BCUT2D eigenvalue weighted by molar-refractivity contribution is 0.0926. The van der Waals surface area contributed by atoms with Crippen LogP contribution in [-0.4, -0.2) is 58.9 Å². The molecule has 1 amide bonds. The van der Waals surface area contributed by atoms with E-state index in [1.165, 1.54) is 0 Å². The van der Waals surface area contributed by atoms with E-state index in [4.69, 9.17) is 5.73 Å². The van der Waals surface area contributed by atoms with Gasteiger partial charge in [-0.25, -0.2) is 0 Å². The highest BCUT2D eigenvalue weighted by atomic mass is 16.3. The van der Waals surface area contributed by atoms with Gasteiger partial charge in [-0.15, -0.1) is 0 Å². The Morgan fingerprint density at radius 2 is 2.20 bits per heavy atom. The molecular weight excluding hydrogens is 318 g/mol. The van der Waals surface area contributed by atoms with Crippen LogP contribution in [0.2, 0.25) is 0 Å². The molecule has 7 heteroatoms. The molecule has 0 radical (unpaired) electrons. The fraction of sp³-hybridized carbons (Fsp3) is 0.444. The van der Waals surface area contributed by atoms with Gasteiger partial charge in [-0.1, -0.05) is 30.3 Å². The van der Waals surface area contributed by atoms with Crippen molar-refractivity contribution in [1.29, 1.82) is 0 Å². The minimum atomic E-state index is -0.209. The van der Waals surface area contributed by atoms with Crippen molar-refractivity contribution < 1.29 is 9.90 Å². The Labute approximate surface area is 147 Å². The molecule has 1 saturated heterocycles. The number of nitrogens with zero attached hydrogens (tertiary/aromatic N) is 2. The van der Waals surface area contributed by atoms with Crippen LogP contribution in [-0.2, 0) is 0 Å². The van der Waals surface area contributed by atoms with Crippen molar-refractivity contribution in [3.05, 3.63) is 36.0 Å². The first-order chi connectivity index (χ1) is 12.2. The molecular formula is C18H25N5O2. The van der Waals surface area contributed by atoms with E-state index in [9.17, 15) is 9.90 Å². The Kier molecular flexibility index (Phi) is 5.67. The fourth-order valence-corrected chi connectivity index (χ4v) is 3.34. The zero-order valence-corrected chi connectivity index (χ0v) is 14.2. The van der Waals surface area contributed by atoms with Gasteiger partial charge in [0.2, 0.25) is 0 Å². The molecule has 25 heavy (non-hydrogen) atoms. The molecule has 2 aromatic rings. The maximum Gasteiger partial charge on any atom is 0.270 e. The fourth-order valence-electron chi connectivity index (χ4n) is 3.34.